The number of aromatic amines is 1. The van der Waals surface area contributed by atoms with Gasteiger partial charge in [0.05, 0.1) is 30.5 Å². The third-order valence-corrected chi connectivity index (χ3v) is 4.16. The van der Waals surface area contributed by atoms with Gasteiger partial charge in [-0.3, -0.25) is 19.7 Å². The van der Waals surface area contributed by atoms with Crippen LogP contribution in [0.25, 0.3) is 0 Å². The fourth-order valence-electron chi connectivity index (χ4n) is 2.95. The van der Waals surface area contributed by atoms with Crippen LogP contribution in [-0.2, 0) is 16.0 Å². The number of aryl methyl sites for hydroxylation is 1. The maximum atomic E-state index is 12.5. The molecule has 120 valence electrons. The molecule has 1 aliphatic carbocycles. The molecule has 0 fully saturated rings. The van der Waals surface area contributed by atoms with E-state index >= 15 is 0 Å². The summed E-state index contributed by atoms with van der Waals surface area (Å²) in [6, 6.07) is 3.48. The van der Waals surface area contributed by atoms with Gasteiger partial charge in [0.1, 0.15) is 0 Å². The van der Waals surface area contributed by atoms with Crippen molar-refractivity contribution in [3.63, 3.8) is 0 Å². The highest BCUT2D eigenvalue weighted by Gasteiger charge is 2.33. The fourth-order valence-corrected chi connectivity index (χ4v) is 2.95. The summed E-state index contributed by atoms with van der Waals surface area (Å²) in [6.45, 7) is 1.99. The molecule has 2 unspecified atom stereocenters. The first-order valence-electron chi connectivity index (χ1n) is 7.65. The minimum atomic E-state index is -0.276. The lowest BCUT2D eigenvalue weighted by Gasteiger charge is -2.27. The lowest BCUT2D eigenvalue weighted by atomic mass is 9.78. The van der Waals surface area contributed by atoms with Crippen LogP contribution in [-0.4, -0.2) is 33.5 Å². The standard InChI is InChI=1S/C16H19N5O2/c1-10-4-5-13-12(8-19-21-13)15(10)16(23)18-9-14(22)20-11-3-2-6-17-7-11/h2-3,6-8,10,15H,4-5,9H2,1H3,(H,18,23)(H,19,21)(H,20,22). The Labute approximate surface area is 133 Å². The third kappa shape index (κ3) is 3.39. The number of amides is 2. The highest BCUT2D eigenvalue weighted by atomic mass is 16.2. The molecule has 0 aliphatic heterocycles. The number of aromatic nitrogens is 3. The SMILES string of the molecule is CC1CCc2[nH]ncc2C1C(=O)NCC(=O)Nc1cccnc1. The predicted octanol–water partition coefficient (Wildman–Crippen LogP) is 1.23. The number of pyridine rings is 1. The number of rotatable bonds is 4. The molecule has 2 aromatic rings. The highest BCUT2D eigenvalue weighted by Crippen LogP contribution is 2.34. The molecule has 2 heterocycles. The number of nitrogens with zero attached hydrogens (tertiary/aromatic N) is 2. The second-order valence-electron chi connectivity index (χ2n) is 5.81. The summed E-state index contributed by atoms with van der Waals surface area (Å²) < 4.78 is 0. The van der Waals surface area contributed by atoms with Crippen LogP contribution in [0.1, 0.15) is 30.5 Å². The fraction of sp³-hybridized carbons (Fsp3) is 0.375. The number of carbonyl (C=O) groups excluding carboxylic acids is 2. The third-order valence-electron chi connectivity index (χ3n) is 4.16. The molecule has 23 heavy (non-hydrogen) atoms. The minimum absolute atomic E-state index is 0.0653. The molecule has 1 aliphatic rings. The van der Waals surface area contributed by atoms with Crippen LogP contribution in [0.4, 0.5) is 5.69 Å². The van der Waals surface area contributed by atoms with Crippen LogP contribution >= 0.6 is 0 Å². The smallest absolute Gasteiger partial charge is 0.243 e. The van der Waals surface area contributed by atoms with Crippen LogP contribution in [0, 0.1) is 5.92 Å². The van der Waals surface area contributed by atoms with Crippen molar-refractivity contribution < 1.29 is 9.59 Å². The van der Waals surface area contributed by atoms with E-state index in [1.165, 1.54) is 0 Å². The molecule has 7 heteroatoms. The van der Waals surface area contributed by atoms with Crippen molar-refractivity contribution >= 4 is 17.5 Å². The van der Waals surface area contributed by atoms with Gasteiger partial charge in [-0.2, -0.15) is 5.10 Å². The van der Waals surface area contributed by atoms with Crippen molar-refractivity contribution in [2.24, 2.45) is 5.92 Å². The van der Waals surface area contributed by atoms with Gasteiger partial charge in [-0.1, -0.05) is 6.92 Å². The molecule has 2 atom stereocenters. The monoisotopic (exact) mass is 313 g/mol. The summed E-state index contributed by atoms with van der Waals surface area (Å²) in [5, 5.41) is 12.4. The predicted molar refractivity (Wildman–Crippen MR) is 84.7 cm³/mol. The Bertz CT molecular complexity index is 698. The largest absolute Gasteiger partial charge is 0.346 e. The van der Waals surface area contributed by atoms with E-state index < -0.39 is 0 Å². The average Bonchev–Trinajstić information content (AvgIpc) is 3.02. The summed E-state index contributed by atoms with van der Waals surface area (Å²) >= 11 is 0. The summed E-state index contributed by atoms with van der Waals surface area (Å²) in [5.74, 6) is -0.450. The number of nitrogens with one attached hydrogen (secondary N) is 3. The topological polar surface area (TPSA) is 99.8 Å². The van der Waals surface area contributed by atoms with Crippen molar-refractivity contribution in [2.75, 3.05) is 11.9 Å². The Hall–Kier alpha value is -2.70. The Balaban J connectivity index is 1.58. The Morgan fingerprint density at radius 1 is 1.39 bits per heavy atom. The van der Waals surface area contributed by atoms with Crippen molar-refractivity contribution in [3.05, 3.63) is 42.0 Å². The molecule has 0 spiro atoms. The highest BCUT2D eigenvalue weighted by molar-refractivity contribution is 5.95. The average molecular weight is 313 g/mol. The van der Waals surface area contributed by atoms with Crippen molar-refractivity contribution in [1.82, 2.24) is 20.5 Å². The first kappa shape index (κ1) is 15.2. The summed E-state index contributed by atoms with van der Waals surface area (Å²) in [5.41, 5.74) is 2.56. The van der Waals surface area contributed by atoms with E-state index in [1.807, 2.05) is 0 Å². The molecule has 0 saturated heterocycles. The van der Waals surface area contributed by atoms with Gasteiger partial charge in [0, 0.05) is 17.5 Å². The van der Waals surface area contributed by atoms with Crippen molar-refractivity contribution in [3.8, 4) is 0 Å². The maximum absolute atomic E-state index is 12.5. The number of hydrogen-bond acceptors (Lipinski definition) is 4. The molecular weight excluding hydrogens is 294 g/mol. The van der Waals surface area contributed by atoms with Crippen LogP contribution in [0.5, 0.6) is 0 Å². The molecule has 0 bridgehead atoms. The molecule has 2 amide bonds. The van der Waals surface area contributed by atoms with E-state index in [4.69, 9.17) is 0 Å². The van der Waals surface area contributed by atoms with Crippen LogP contribution in [0.3, 0.4) is 0 Å². The van der Waals surface area contributed by atoms with Gasteiger partial charge < -0.3 is 10.6 Å². The first-order valence-corrected chi connectivity index (χ1v) is 7.65. The Kier molecular flexibility index (Phi) is 4.36. The summed E-state index contributed by atoms with van der Waals surface area (Å²) in [7, 11) is 0. The summed E-state index contributed by atoms with van der Waals surface area (Å²) in [4.78, 5) is 28.3. The number of hydrogen-bond donors (Lipinski definition) is 3. The van der Waals surface area contributed by atoms with Crippen LogP contribution < -0.4 is 10.6 Å². The van der Waals surface area contributed by atoms with Crippen molar-refractivity contribution in [2.45, 2.75) is 25.7 Å². The summed E-state index contributed by atoms with van der Waals surface area (Å²) in [6.07, 6.45) is 6.73. The molecule has 0 radical (unpaired) electrons. The van der Waals surface area contributed by atoms with E-state index in [1.54, 1.807) is 30.7 Å². The second-order valence-corrected chi connectivity index (χ2v) is 5.81. The maximum Gasteiger partial charge on any atom is 0.243 e. The van der Waals surface area contributed by atoms with E-state index in [0.29, 0.717) is 5.69 Å². The molecule has 2 aromatic heterocycles. The van der Waals surface area contributed by atoms with Gasteiger partial charge in [-0.05, 0) is 30.9 Å². The van der Waals surface area contributed by atoms with E-state index in [-0.39, 0.29) is 30.2 Å². The lowest BCUT2D eigenvalue weighted by molar-refractivity contribution is -0.126. The number of anilines is 1. The molecule has 7 nitrogen and oxygen atoms in total. The van der Waals surface area contributed by atoms with Gasteiger partial charge in [-0.25, -0.2) is 0 Å². The molecular formula is C16H19N5O2. The van der Waals surface area contributed by atoms with Crippen LogP contribution in [0.15, 0.2) is 30.7 Å². The number of fused-ring (bicyclic) bond motifs is 1. The van der Waals surface area contributed by atoms with Crippen LogP contribution in [0.2, 0.25) is 0 Å². The molecule has 3 rings (SSSR count). The van der Waals surface area contributed by atoms with Gasteiger partial charge in [0.15, 0.2) is 0 Å². The zero-order valence-corrected chi connectivity index (χ0v) is 12.9. The van der Waals surface area contributed by atoms with Crippen molar-refractivity contribution in [1.29, 1.82) is 0 Å². The minimum Gasteiger partial charge on any atom is -0.346 e. The van der Waals surface area contributed by atoms with Gasteiger partial charge in [0.25, 0.3) is 0 Å². The molecule has 0 aromatic carbocycles. The van der Waals surface area contributed by atoms with E-state index in [0.717, 1.165) is 24.1 Å². The number of H-pyrrole nitrogens is 1. The zero-order chi connectivity index (χ0) is 16.2. The zero-order valence-electron chi connectivity index (χ0n) is 12.9. The second kappa shape index (κ2) is 6.60. The first-order chi connectivity index (χ1) is 11.1. The van der Waals surface area contributed by atoms with E-state index in [2.05, 4.69) is 32.7 Å². The number of carbonyl (C=O) groups is 2. The van der Waals surface area contributed by atoms with Gasteiger partial charge >= 0.3 is 0 Å². The molecule has 0 saturated carbocycles. The Morgan fingerprint density at radius 2 is 2.26 bits per heavy atom. The quantitative estimate of drug-likeness (QED) is 0.790. The van der Waals surface area contributed by atoms with Gasteiger partial charge in [-0.15, -0.1) is 0 Å². The molecule has 3 N–H and O–H groups in total. The van der Waals surface area contributed by atoms with E-state index in [9.17, 15) is 9.59 Å². The van der Waals surface area contributed by atoms with Gasteiger partial charge in [0.2, 0.25) is 11.8 Å². The normalized spacial score (nSPS) is 19.7. The lowest BCUT2D eigenvalue weighted by Crippen LogP contribution is -2.39. The Morgan fingerprint density at radius 3 is 3.04 bits per heavy atom.